The lowest BCUT2D eigenvalue weighted by Gasteiger charge is -2.14. The lowest BCUT2D eigenvalue weighted by Crippen LogP contribution is -2.15. The number of hydrogen-bond acceptors (Lipinski definition) is 3. The highest BCUT2D eigenvalue weighted by molar-refractivity contribution is 6.32. The van der Waals surface area contributed by atoms with Crippen molar-refractivity contribution in [3.8, 4) is 5.75 Å². The molecule has 0 atom stereocenters. The van der Waals surface area contributed by atoms with Crippen LogP contribution in [-0.4, -0.2) is 17.0 Å². The molecule has 0 radical (unpaired) electrons. The highest BCUT2D eigenvalue weighted by Gasteiger charge is 2.18. The molecule has 0 unspecified atom stereocenters. The number of rotatable bonds is 6. The number of carbonyl (C=O) groups is 2. The second kappa shape index (κ2) is 9.08. The Morgan fingerprint density at radius 1 is 0.938 bits per heavy atom. The summed E-state index contributed by atoms with van der Waals surface area (Å²) in [4.78, 5) is 24.5. The summed E-state index contributed by atoms with van der Waals surface area (Å²) in [6, 6.07) is 21.0. The summed E-state index contributed by atoms with van der Waals surface area (Å²) in [5.41, 5.74) is 1.08. The van der Waals surface area contributed by atoms with Crippen LogP contribution in [0.5, 0.6) is 5.75 Å². The van der Waals surface area contributed by atoms with E-state index in [0.717, 1.165) is 5.56 Å². The average Bonchev–Trinajstić information content (AvgIpc) is 2.79. The third kappa shape index (κ3) is 4.71. The second-order valence-corrected chi connectivity index (χ2v) is 7.48. The van der Waals surface area contributed by atoms with Crippen LogP contribution < -0.4 is 10.1 Å². The van der Waals surface area contributed by atoms with Crippen LogP contribution in [0.2, 0.25) is 5.02 Å². The maximum absolute atomic E-state index is 13.4. The third-order valence-corrected chi connectivity index (χ3v) is 5.15. The van der Waals surface area contributed by atoms with Crippen LogP contribution in [0, 0.1) is 5.82 Å². The van der Waals surface area contributed by atoms with Gasteiger partial charge in [-0.3, -0.25) is 4.79 Å². The topological polar surface area (TPSA) is 75.6 Å². The SMILES string of the molecule is O=C(Nc1cc(OCc2ccccc2)c(Cl)cc1C(=O)O)c1ccc2cc(F)ccc2c1. The van der Waals surface area contributed by atoms with E-state index in [1.807, 2.05) is 30.3 Å². The van der Waals surface area contributed by atoms with Gasteiger partial charge in [0.2, 0.25) is 0 Å². The van der Waals surface area contributed by atoms with Gasteiger partial charge in [-0.1, -0.05) is 54.1 Å². The Hall–Kier alpha value is -3.90. The summed E-state index contributed by atoms with van der Waals surface area (Å²) in [6.45, 7) is 0.224. The smallest absolute Gasteiger partial charge is 0.337 e. The maximum atomic E-state index is 13.4. The normalized spacial score (nSPS) is 10.7. The lowest BCUT2D eigenvalue weighted by molar-refractivity contribution is 0.0698. The number of amides is 1. The van der Waals surface area contributed by atoms with E-state index in [9.17, 15) is 19.1 Å². The summed E-state index contributed by atoms with van der Waals surface area (Å²) < 4.78 is 19.1. The van der Waals surface area contributed by atoms with Gasteiger partial charge in [0.25, 0.3) is 5.91 Å². The number of hydrogen-bond donors (Lipinski definition) is 2. The molecule has 0 saturated carbocycles. The standard InChI is InChI=1S/C25H17ClFNO4/c26-21-12-20(25(30)31)22(13-23(21)32-14-15-4-2-1-3-5-15)28-24(29)18-7-6-17-11-19(27)9-8-16(17)10-18/h1-13H,14H2,(H,28,29)(H,30,31). The zero-order valence-corrected chi connectivity index (χ0v) is 17.4. The first-order chi connectivity index (χ1) is 15.4. The molecule has 0 aromatic heterocycles. The maximum Gasteiger partial charge on any atom is 0.337 e. The molecule has 4 aromatic carbocycles. The minimum atomic E-state index is -1.24. The number of ether oxygens (including phenoxy) is 1. The Balaban J connectivity index is 1.61. The zero-order chi connectivity index (χ0) is 22.7. The second-order valence-electron chi connectivity index (χ2n) is 7.07. The van der Waals surface area contributed by atoms with Gasteiger partial charge in [-0.25, -0.2) is 9.18 Å². The molecule has 0 aliphatic carbocycles. The first-order valence-electron chi connectivity index (χ1n) is 9.65. The number of benzene rings is 4. The van der Waals surface area contributed by atoms with Crippen molar-refractivity contribution in [1.82, 2.24) is 0 Å². The average molecular weight is 450 g/mol. The van der Waals surface area contributed by atoms with Crippen molar-refractivity contribution in [2.75, 3.05) is 5.32 Å². The molecule has 32 heavy (non-hydrogen) atoms. The van der Waals surface area contributed by atoms with Gasteiger partial charge in [0.1, 0.15) is 18.2 Å². The molecule has 0 spiro atoms. The molecule has 0 saturated heterocycles. The summed E-state index contributed by atoms with van der Waals surface area (Å²) in [5.74, 6) is -1.89. The largest absolute Gasteiger partial charge is 0.487 e. The molecule has 2 N–H and O–H groups in total. The van der Waals surface area contributed by atoms with Crippen LogP contribution in [0.3, 0.4) is 0 Å². The third-order valence-electron chi connectivity index (χ3n) is 4.85. The molecule has 0 bridgehead atoms. The molecule has 160 valence electrons. The van der Waals surface area contributed by atoms with Gasteiger partial charge in [-0.2, -0.15) is 0 Å². The monoisotopic (exact) mass is 449 g/mol. The van der Waals surface area contributed by atoms with E-state index in [1.54, 1.807) is 24.3 Å². The van der Waals surface area contributed by atoms with Crippen LogP contribution in [0.1, 0.15) is 26.3 Å². The minimum Gasteiger partial charge on any atom is -0.487 e. The number of aromatic carboxylic acids is 1. The number of carbonyl (C=O) groups excluding carboxylic acids is 1. The van der Waals surface area contributed by atoms with Gasteiger partial charge in [0.05, 0.1) is 16.3 Å². The first kappa shape index (κ1) is 21.3. The van der Waals surface area contributed by atoms with Crippen LogP contribution >= 0.6 is 11.6 Å². The van der Waals surface area contributed by atoms with Crippen molar-refractivity contribution >= 4 is 39.9 Å². The van der Waals surface area contributed by atoms with E-state index in [2.05, 4.69) is 5.32 Å². The molecule has 5 nitrogen and oxygen atoms in total. The first-order valence-corrected chi connectivity index (χ1v) is 10.0. The minimum absolute atomic E-state index is 0.0502. The van der Waals surface area contributed by atoms with Crippen LogP contribution in [0.15, 0.2) is 78.9 Å². The Kier molecular flexibility index (Phi) is 6.05. The molecular weight excluding hydrogens is 433 g/mol. The molecule has 0 aliphatic rings. The highest BCUT2D eigenvalue weighted by atomic mass is 35.5. The van der Waals surface area contributed by atoms with Crippen LogP contribution in [0.4, 0.5) is 10.1 Å². The van der Waals surface area contributed by atoms with Gasteiger partial charge in [-0.05, 0) is 46.7 Å². The van der Waals surface area contributed by atoms with Gasteiger partial charge < -0.3 is 15.2 Å². The van der Waals surface area contributed by atoms with Crippen molar-refractivity contribution in [1.29, 1.82) is 0 Å². The van der Waals surface area contributed by atoms with Crippen LogP contribution in [-0.2, 0) is 6.61 Å². The van der Waals surface area contributed by atoms with Gasteiger partial charge in [-0.15, -0.1) is 0 Å². The van der Waals surface area contributed by atoms with Crippen molar-refractivity contribution in [3.05, 3.63) is 106 Å². The number of nitrogens with one attached hydrogen (secondary N) is 1. The van der Waals surface area contributed by atoms with Crippen LogP contribution in [0.25, 0.3) is 10.8 Å². The number of halogens is 2. The van der Waals surface area contributed by atoms with E-state index in [4.69, 9.17) is 16.3 Å². The van der Waals surface area contributed by atoms with E-state index in [0.29, 0.717) is 16.3 Å². The fourth-order valence-electron chi connectivity index (χ4n) is 3.23. The lowest BCUT2D eigenvalue weighted by atomic mass is 10.1. The van der Waals surface area contributed by atoms with Gasteiger partial charge in [0, 0.05) is 11.6 Å². The Morgan fingerprint density at radius 2 is 1.66 bits per heavy atom. The molecular formula is C25H17ClFNO4. The molecule has 4 aromatic rings. The molecule has 0 heterocycles. The van der Waals surface area contributed by atoms with E-state index in [1.165, 1.54) is 24.3 Å². The number of carboxylic acids is 1. The van der Waals surface area contributed by atoms with Crippen molar-refractivity contribution < 1.29 is 23.8 Å². The highest BCUT2D eigenvalue weighted by Crippen LogP contribution is 2.32. The molecule has 0 aliphatic heterocycles. The summed E-state index contributed by atoms with van der Waals surface area (Å²) >= 11 is 6.21. The predicted molar refractivity (Wildman–Crippen MR) is 121 cm³/mol. The molecule has 0 fully saturated rings. The fraction of sp³-hybridized carbons (Fsp3) is 0.0400. The quantitative estimate of drug-likeness (QED) is 0.369. The number of anilines is 1. The molecule has 4 rings (SSSR count). The van der Waals surface area contributed by atoms with E-state index >= 15 is 0 Å². The fourth-order valence-corrected chi connectivity index (χ4v) is 3.45. The van der Waals surface area contributed by atoms with Gasteiger partial charge in [0.15, 0.2) is 0 Å². The van der Waals surface area contributed by atoms with E-state index < -0.39 is 11.9 Å². The molecule has 1 amide bonds. The Bertz CT molecular complexity index is 1320. The van der Waals surface area contributed by atoms with Crippen molar-refractivity contribution in [2.45, 2.75) is 6.61 Å². The Morgan fingerprint density at radius 3 is 2.41 bits per heavy atom. The predicted octanol–water partition coefficient (Wildman–Crippen LogP) is 6.16. The summed E-state index contributed by atoms with van der Waals surface area (Å²) in [5, 5.41) is 13.6. The summed E-state index contributed by atoms with van der Waals surface area (Å²) in [7, 11) is 0. The summed E-state index contributed by atoms with van der Waals surface area (Å²) in [6.07, 6.45) is 0. The van der Waals surface area contributed by atoms with Crippen molar-refractivity contribution in [3.63, 3.8) is 0 Å². The Labute approximate surface area is 188 Å². The number of carboxylic acid groups (broad SMARTS) is 1. The zero-order valence-electron chi connectivity index (χ0n) is 16.6. The van der Waals surface area contributed by atoms with Crippen molar-refractivity contribution in [2.24, 2.45) is 0 Å². The van der Waals surface area contributed by atoms with Gasteiger partial charge >= 0.3 is 5.97 Å². The number of fused-ring (bicyclic) bond motifs is 1. The van der Waals surface area contributed by atoms with E-state index in [-0.39, 0.29) is 34.4 Å². The molecule has 7 heteroatoms.